The van der Waals surface area contributed by atoms with E-state index in [1.165, 1.54) is 28.6 Å². The van der Waals surface area contributed by atoms with Crippen molar-refractivity contribution in [2.24, 2.45) is 0 Å². The lowest BCUT2D eigenvalue weighted by atomic mass is 10.1. The monoisotopic (exact) mass is 477 g/mol. The standard InChI is InChI=1S/C23H28FN3O5S/c1-15-11-16(2)21(17(3)12-15)33(30,31)27-9-4-10-32-20(27)14-26-23(29)22(28)25-13-18-5-7-19(24)8-6-18/h5-8,11-12,20H,4,9-10,13-14H2,1-3H3,(H,25,28)(H,26,29). The molecule has 1 saturated heterocycles. The molecule has 2 aromatic rings. The van der Waals surface area contributed by atoms with Crippen molar-refractivity contribution in [3.05, 3.63) is 64.5 Å². The van der Waals surface area contributed by atoms with Crippen LogP contribution in [0.15, 0.2) is 41.3 Å². The molecule has 3 rings (SSSR count). The second kappa shape index (κ2) is 10.4. The molecule has 1 aliphatic rings. The molecule has 1 atom stereocenters. The largest absolute Gasteiger partial charge is 0.360 e. The van der Waals surface area contributed by atoms with E-state index in [1.54, 1.807) is 13.8 Å². The number of halogens is 1. The summed E-state index contributed by atoms with van der Waals surface area (Å²) in [4.78, 5) is 24.6. The molecule has 8 nitrogen and oxygen atoms in total. The highest BCUT2D eigenvalue weighted by Crippen LogP contribution is 2.28. The van der Waals surface area contributed by atoms with Crippen LogP contribution in [-0.2, 0) is 30.9 Å². The number of sulfonamides is 1. The zero-order valence-electron chi connectivity index (χ0n) is 18.9. The molecule has 0 saturated carbocycles. The highest BCUT2D eigenvalue weighted by Gasteiger charge is 2.36. The zero-order valence-corrected chi connectivity index (χ0v) is 19.7. The summed E-state index contributed by atoms with van der Waals surface area (Å²) in [6, 6.07) is 9.14. The first-order chi connectivity index (χ1) is 15.6. The van der Waals surface area contributed by atoms with Crippen LogP contribution in [0, 0.1) is 26.6 Å². The molecule has 2 aromatic carbocycles. The van der Waals surface area contributed by atoms with Crippen molar-refractivity contribution in [2.45, 2.75) is 44.9 Å². The number of hydrogen-bond donors (Lipinski definition) is 2. The van der Waals surface area contributed by atoms with Crippen molar-refractivity contribution < 1.29 is 27.1 Å². The molecule has 2 N–H and O–H groups in total. The quantitative estimate of drug-likeness (QED) is 0.619. The second-order valence-electron chi connectivity index (χ2n) is 8.04. The minimum absolute atomic E-state index is 0.0545. The Morgan fingerprint density at radius 1 is 1.06 bits per heavy atom. The van der Waals surface area contributed by atoms with Crippen LogP contribution < -0.4 is 10.6 Å². The Labute approximate surface area is 193 Å². The van der Waals surface area contributed by atoms with Crippen LogP contribution >= 0.6 is 0 Å². The van der Waals surface area contributed by atoms with Gasteiger partial charge in [0.15, 0.2) is 0 Å². The first-order valence-electron chi connectivity index (χ1n) is 10.6. The van der Waals surface area contributed by atoms with E-state index in [-0.39, 0.29) is 24.5 Å². The SMILES string of the molecule is Cc1cc(C)c(S(=O)(=O)N2CCCOC2CNC(=O)C(=O)NCc2ccc(F)cc2)c(C)c1. The van der Waals surface area contributed by atoms with E-state index in [0.29, 0.717) is 29.7 Å². The van der Waals surface area contributed by atoms with Crippen LogP contribution in [0.25, 0.3) is 0 Å². The molecule has 0 spiro atoms. The lowest BCUT2D eigenvalue weighted by Gasteiger charge is -2.35. The number of nitrogens with zero attached hydrogens (tertiary/aromatic N) is 1. The second-order valence-corrected chi connectivity index (χ2v) is 9.87. The fourth-order valence-electron chi connectivity index (χ4n) is 3.92. The molecule has 1 heterocycles. The van der Waals surface area contributed by atoms with Gasteiger partial charge in [0.1, 0.15) is 12.0 Å². The van der Waals surface area contributed by atoms with Crippen molar-refractivity contribution in [2.75, 3.05) is 19.7 Å². The van der Waals surface area contributed by atoms with Crippen molar-refractivity contribution in [1.82, 2.24) is 14.9 Å². The van der Waals surface area contributed by atoms with Crippen molar-refractivity contribution in [3.63, 3.8) is 0 Å². The fourth-order valence-corrected chi connectivity index (χ4v) is 5.90. The summed E-state index contributed by atoms with van der Waals surface area (Å²) in [6.07, 6.45) is -0.413. The number of hydrogen-bond acceptors (Lipinski definition) is 5. The maximum Gasteiger partial charge on any atom is 0.309 e. The normalized spacial score (nSPS) is 16.9. The van der Waals surface area contributed by atoms with Gasteiger partial charge in [-0.2, -0.15) is 4.31 Å². The van der Waals surface area contributed by atoms with Gasteiger partial charge in [-0.25, -0.2) is 12.8 Å². The van der Waals surface area contributed by atoms with Crippen LogP contribution in [0.3, 0.4) is 0 Å². The van der Waals surface area contributed by atoms with Crippen LogP contribution in [0.4, 0.5) is 4.39 Å². The average Bonchev–Trinajstić information content (AvgIpc) is 2.76. The Hall–Kier alpha value is -2.82. The number of carbonyl (C=O) groups is 2. The number of aryl methyl sites for hydroxylation is 3. The smallest absolute Gasteiger partial charge is 0.309 e. The summed E-state index contributed by atoms with van der Waals surface area (Å²) in [5.41, 5.74) is 2.88. The van der Waals surface area contributed by atoms with Gasteiger partial charge in [0.25, 0.3) is 0 Å². The van der Waals surface area contributed by atoms with E-state index < -0.39 is 33.9 Å². The third-order valence-electron chi connectivity index (χ3n) is 5.34. The Morgan fingerprint density at radius 2 is 1.67 bits per heavy atom. The molecule has 10 heteroatoms. The van der Waals surface area contributed by atoms with E-state index in [2.05, 4.69) is 10.6 Å². The van der Waals surface area contributed by atoms with E-state index in [1.807, 2.05) is 19.1 Å². The summed E-state index contributed by atoms with van der Waals surface area (Å²) in [7, 11) is -3.88. The molecular formula is C23H28FN3O5S. The predicted molar refractivity (Wildman–Crippen MR) is 120 cm³/mol. The molecule has 0 aliphatic carbocycles. The minimum atomic E-state index is -3.88. The summed E-state index contributed by atoms with van der Waals surface area (Å²) in [5.74, 6) is -2.19. The number of amides is 2. The molecule has 0 aromatic heterocycles. The van der Waals surface area contributed by atoms with Crippen LogP contribution in [0.1, 0.15) is 28.7 Å². The minimum Gasteiger partial charge on any atom is -0.360 e. The molecule has 178 valence electrons. The van der Waals surface area contributed by atoms with Gasteiger partial charge in [-0.1, -0.05) is 29.8 Å². The van der Waals surface area contributed by atoms with Gasteiger partial charge < -0.3 is 15.4 Å². The maximum absolute atomic E-state index is 13.4. The first-order valence-corrected chi connectivity index (χ1v) is 12.1. The number of rotatable bonds is 6. The number of ether oxygens (including phenoxy) is 1. The molecule has 1 unspecified atom stereocenters. The van der Waals surface area contributed by atoms with Crippen LogP contribution in [0.5, 0.6) is 0 Å². The predicted octanol–water partition coefficient (Wildman–Crippen LogP) is 1.92. The van der Waals surface area contributed by atoms with E-state index in [9.17, 15) is 22.4 Å². The highest BCUT2D eigenvalue weighted by atomic mass is 32.2. The lowest BCUT2D eigenvalue weighted by Crippen LogP contribution is -2.53. The Bertz CT molecular complexity index is 1110. The van der Waals surface area contributed by atoms with E-state index in [4.69, 9.17) is 4.74 Å². The first kappa shape index (κ1) is 24.8. The van der Waals surface area contributed by atoms with Gasteiger partial charge in [-0.05, 0) is 56.0 Å². The van der Waals surface area contributed by atoms with E-state index in [0.717, 1.165) is 5.56 Å². The molecule has 0 bridgehead atoms. The van der Waals surface area contributed by atoms with Crippen molar-refractivity contribution in [1.29, 1.82) is 0 Å². The summed E-state index contributed by atoms with van der Waals surface area (Å²) in [6.45, 7) is 5.87. The van der Waals surface area contributed by atoms with Gasteiger partial charge in [0, 0.05) is 13.1 Å². The van der Waals surface area contributed by atoms with Crippen molar-refractivity contribution >= 4 is 21.8 Å². The Morgan fingerprint density at radius 3 is 2.30 bits per heavy atom. The van der Waals surface area contributed by atoms with E-state index >= 15 is 0 Å². The number of carbonyl (C=O) groups excluding carboxylic acids is 2. The van der Waals surface area contributed by atoms with Gasteiger partial charge in [-0.15, -0.1) is 0 Å². The van der Waals surface area contributed by atoms with Crippen molar-refractivity contribution in [3.8, 4) is 0 Å². The van der Waals surface area contributed by atoms with Crippen LogP contribution in [-0.4, -0.2) is 50.5 Å². The number of nitrogens with one attached hydrogen (secondary N) is 2. The fraction of sp³-hybridized carbons (Fsp3) is 0.391. The molecular weight excluding hydrogens is 449 g/mol. The molecule has 1 fully saturated rings. The molecule has 1 aliphatic heterocycles. The number of benzene rings is 2. The highest BCUT2D eigenvalue weighted by molar-refractivity contribution is 7.89. The summed E-state index contributed by atoms with van der Waals surface area (Å²) < 4.78 is 46.7. The third-order valence-corrected chi connectivity index (χ3v) is 7.53. The van der Waals surface area contributed by atoms with Gasteiger partial charge in [0.05, 0.1) is 18.0 Å². The third kappa shape index (κ3) is 5.95. The maximum atomic E-state index is 13.4. The Kier molecular flexibility index (Phi) is 7.83. The topological polar surface area (TPSA) is 105 Å². The summed E-state index contributed by atoms with van der Waals surface area (Å²) in [5, 5.41) is 4.89. The average molecular weight is 478 g/mol. The Balaban J connectivity index is 1.65. The zero-order chi connectivity index (χ0) is 24.2. The van der Waals surface area contributed by atoms with Gasteiger partial charge >= 0.3 is 11.8 Å². The van der Waals surface area contributed by atoms with Crippen LogP contribution in [0.2, 0.25) is 0 Å². The summed E-state index contributed by atoms with van der Waals surface area (Å²) >= 11 is 0. The lowest BCUT2D eigenvalue weighted by molar-refractivity contribution is -0.140. The molecule has 33 heavy (non-hydrogen) atoms. The molecule has 0 radical (unpaired) electrons. The van der Waals surface area contributed by atoms with Gasteiger partial charge in [-0.3, -0.25) is 9.59 Å². The van der Waals surface area contributed by atoms with Gasteiger partial charge in [0.2, 0.25) is 10.0 Å². The molecule has 2 amide bonds.